The molecule has 2 N–H and O–H groups in total. The van der Waals surface area contributed by atoms with Gasteiger partial charge in [-0.3, -0.25) is 9.59 Å². The molecule has 3 rings (SSSR count). The number of halogens is 1. The van der Waals surface area contributed by atoms with Crippen molar-refractivity contribution in [2.75, 3.05) is 12.4 Å². The quantitative estimate of drug-likeness (QED) is 0.559. The number of methoxy groups -OCH3 is 1. The second-order valence-electron chi connectivity index (χ2n) is 6.17. The van der Waals surface area contributed by atoms with Gasteiger partial charge in [-0.1, -0.05) is 35.5 Å². The number of hydrogen-bond donors (Lipinski definition) is 2. The van der Waals surface area contributed by atoms with E-state index in [9.17, 15) is 9.59 Å². The molecule has 0 saturated carbocycles. The predicted molar refractivity (Wildman–Crippen MR) is 117 cm³/mol. The van der Waals surface area contributed by atoms with E-state index >= 15 is 0 Å². The van der Waals surface area contributed by atoms with Crippen molar-refractivity contribution in [2.24, 2.45) is 10.2 Å². The van der Waals surface area contributed by atoms with Gasteiger partial charge in [-0.15, -0.1) is 5.10 Å². The molecule has 9 heteroatoms. The Hall–Kier alpha value is -2.84. The summed E-state index contributed by atoms with van der Waals surface area (Å²) in [4.78, 5) is 24.6. The summed E-state index contributed by atoms with van der Waals surface area (Å²) in [5, 5.41) is 14.0. The molecule has 1 heterocycles. The van der Waals surface area contributed by atoms with E-state index in [-0.39, 0.29) is 23.4 Å². The maximum Gasteiger partial charge on any atom is 0.238 e. The number of carbonyl (C=O) groups is 2. The van der Waals surface area contributed by atoms with Crippen molar-refractivity contribution < 1.29 is 14.3 Å². The van der Waals surface area contributed by atoms with Crippen molar-refractivity contribution in [3.05, 3.63) is 59.1 Å². The second kappa shape index (κ2) is 9.58. The van der Waals surface area contributed by atoms with Crippen LogP contribution in [-0.4, -0.2) is 35.1 Å². The zero-order valence-electron chi connectivity index (χ0n) is 15.8. The van der Waals surface area contributed by atoms with Crippen LogP contribution < -0.4 is 15.4 Å². The fourth-order valence-corrected chi connectivity index (χ4v) is 3.56. The Kier molecular flexibility index (Phi) is 6.90. The Bertz CT molecular complexity index is 959. The molecule has 2 amide bonds. The van der Waals surface area contributed by atoms with E-state index in [1.165, 1.54) is 0 Å². The summed E-state index contributed by atoms with van der Waals surface area (Å²) in [7, 11) is 1.57. The van der Waals surface area contributed by atoms with Gasteiger partial charge in [0.2, 0.25) is 11.8 Å². The van der Waals surface area contributed by atoms with Crippen molar-refractivity contribution in [3.8, 4) is 5.75 Å². The van der Waals surface area contributed by atoms with Gasteiger partial charge in [0.15, 0.2) is 5.17 Å². The standard InChI is InChI=1S/C20H19ClN4O3S/c1-12(13-3-5-14(21)6-4-13)24-25-20-23-18(26)11-17(29-20)19(27)22-15-7-9-16(28-2)10-8-15/h3-10,17H,11H2,1-2H3,(H,22,27)(H,23,25,26)/b24-12-/t17-/m0/s1. The van der Waals surface area contributed by atoms with Crippen LogP contribution in [0.4, 0.5) is 5.69 Å². The normalized spacial score (nSPS) is 18.3. The molecule has 1 aliphatic heterocycles. The van der Waals surface area contributed by atoms with Crippen LogP contribution >= 0.6 is 23.4 Å². The first-order chi connectivity index (χ1) is 13.9. The molecule has 1 fully saturated rings. The van der Waals surface area contributed by atoms with Crippen LogP contribution in [0.25, 0.3) is 0 Å². The van der Waals surface area contributed by atoms with E-state index in [0.717, 1.165) is 17.3 Å². The molecule has 0 aromatic heterocycles. The smallest absolute Gasteiger partial charge is 0.238 e. The van der Waals surface area contributed by atoms with Gasteiger partial charge in [0.1, 0.15) is 11.0 Å². The second-order valence-corrected chi connectivity index (χ2v) is 7.80. The summed E-state index contributed by atoms with van der Waals surface area (Å²) in [5.74, 6) is 0.135. The Morgan fingerprint density at radius 2 is 1.90 bits per heavy atom. The number of hydrogen-bond acceptors (Lipinski definition) is 6. The Morgan fingerprint density at radius 3 is 2.55 bits per heavy atom. The third-order valence-corrected chi connectivity index (χ3v) is 5.40. The Balaban J connectivity index is 1.67. The summed E-state index contributed by atoms with van der Waals surface area (Å²) in [6, 6.07) is 14.2. The van der Waals surface area contributed by atoms with E-state index in [4.69, 9.17) is 16.3 Å². The van der Waals surface area contributed by atoms with Crippen LogP contribution in [-0.2, 0) is 9.59 Å². The number of rotatable bonds is 5. The number of anilines is 1. The van der Waals surface area contributed by atoms with Crippen LogP contribution in [0.3, 0.4) is 0 Å². The van der Waals surface area contributed by atoms with Gasteiger partial charge in [-0.25, -0.2) is 0 Å². The van der Waals surface area contributed by atoms with Crippen molar-refractivity contribution in [3.63, 3.8) is 0 Å². The first-order valence-electron chi connectivity index (χ1n) is 8.74. The van der Waals surface area contributed by atoms with Gasteiger partial charge in [-0.05, 0) is 48.9 Å². The summed E-state index contributed by atoms with van der Waals surface area (Å²) in [5.41, 5.74) is 2.14. The van der Waals surface area contributed by atoms with E-state index in [2.05, 4.69) is 20.8 Å². The molecule has 150 valence electrons. The van der Waals surface area contributed by atoms with E-state index in [1.807, 2.05) is 12.1 Å². The molecule has 0 radical (unpaired) electrons. The van der Waals surface area contributed by atoms with Gasteiger partial charge in [0.05, 0.1) is 12.8 Å². The molecular formula is C20H19ClN4O3S. The van der Waals surface area contributed by atoms with Gasteiger partial charge in [0, 0.05) is 17.1 Å². The zero-order valence-corrected chi connectivity index (χ0v) is 17.4. The number of amides is 2. The lowest BCUT2D eigenvalue weighted by Gasteiger charge is -2.21. The lowest BCUT2D eigenvalue weighted by molar-refractivity contribution is -0.123. The molecule has 7 nitrogen and oxygen atoms in total. The number of carbonyl (C=O) groups excluding carboxylic acids is 2. The first-order valence-corrected chi connectivity index (χ1v) is 10.00. The molecular weight excluding hydrogens is 412 g/mol. The lowest BCUT2D eigenvalue weighted by Crippen LogP contribution is -2.41. The summed E-state index contributed by atoms with van der Waals surface area (Å²) >= 11 is 7.05. The molecule has 2 aromatic rings. The molecule has 0 bridgehead atoms. The van der Waals surface area contributed by atoms with E-state index in [0.29, 0.717) is 22.2 Å². The maximum absolute atomic E-state index is 12.6. The first kappa shape index (κ1) is 20.9. The number of nitrogens with one attached hydrogen (secondary N) is 2. The number of amidine groups is 1. The van der Waals surface area contributed by atoms with Crippen LogP contribution in [0, 0.1) is 0 Å². The van der Waals surface area contributed by atoms with Crippen LogP contribution in [0.5, 0.6) is 5.75 Å². The minimum Gasteiger partial charge on any atom is -0.497 e. The highest BCUT2D eigenvalue weighted by molar-refractivity contribution is 8.15. The molecule has 1 saturated heterocycles. The summed E-state index contributed by atoms with van der Waals surface area (Å²) in [6.45, 7) is 1.80. The predicted octanol–water partition coefficient (Wildman–Crippen LogP) is 3.69. The van der Waals surface area contributed by atoms with Crippen molar-refractivity contribution in [2.45, 2.75) is 18.6 Å². The fourth-order valence-electron chi connectivity index (χ4n) is 2.51. The number of nitrogens with zero attached hydrogens (tertiary/aromatic N) is 2. The molecule has 0 spiro atoms. The van der Waals surface area contributed by atoms with Crippen LogP contribution in [0.2, 0.25) is 5.02 Å². The topological polar surface area (TPSA) is 92.1 Å². The highest BCUT2D eigenvalue weighted by Gasteiger charge is 2.30. The highest BCUT2D eigenvalue weighted by atomic mass is 35.5. The average Bonchev–Trinajstić information content (AvgIpc) is 2.72. The molecule has 2 aromatic carbocycles. The summed E-state index contributed by atoms with van der Waals surface area (Å²) < 4.78 is 5.10. The van der Waals surface area contributed by atoms with Crippen LogP contribution in [0.1, 0.15) is 18.9 Å². The largest absolute Gasteiger partial charge is 0.497 e. The maximum atomic E-state index is 12.6. The van der Waals surface area contributed by atoms with Gasteiger partial charge in [0.25, 0.3) is 0 Å². The van der Waals surface area contributed by atoms with Gasteiger partial charge < -0.3 is 15.4 Å². The fraction of sp³-hybridized carbons (Fsp3) is 0.200. The summed E-state index contributed by atoms with van der Waals surface area (Å²) in [6.07, 6.45) is 0.0611. The molecule has 0 unspecified atom stereocenters. The molecule has 0 aliphatic carbocycles. The average molecular weight is 431 g/mol. The lowest BCUT2D eigenvalue weighted by atomic mass is 10.1. The minimum atomic E-state index is -0.601. The molecule has 1 aliphatic rings. The van der Waals surface area contributed by atoms with Crippen molar-refractivity contribution >= 4 is 51.7 Å². The van der Waals surface area contributed by atoms with Crippen molar-refractivity contribution in [1.82, 2.24) is 5.32 Å². The third-order valence-electron chi connectivity index (χ3n) is 4.07. The minimum absolute atomic E-state index is 0.0611. The van der Waals surface area contributed by atoms with E-state index in [1.54, 1.807) is 50.4 Å². The molecule has 1 atom stereocenters. The Labute approximate surface area is 177 Å². The van der Waals surface area contributed by atoms with Gasteiger partial charge >= 0.3 is 0 Å². The SMILES string of the molecule is COc1ccc(NC(=O)[C@@H]2CC(=O)N/C(=N/N=C(/C)c3ccc(Cl)cc3)S2)cc1. The third kappa shape index (κ3) is 5.82. The molecule has 29 heavy (non-hydrogen) atoms. The number of thioether (sulfide) groups is 1. The van der Waals surface area contributed by atoms with Crippen LogP contribution in [0.15, 0.2) is 58.7 Å². The number of ether oxygens (including phenoxy) is 1. The van der Waals surface area contributed by atoms with E-state index < -0.39 is 5.25 Å². The van der Waals surface area contributed by atoms with Crippen molar-refractivity contribution in [1.29, 1.82) is 0 Å². The zero-order chi connectivity index (χ0) is 20.8. The highest BCUT2D eigenvalue weighted by Crippen LogP contribution is 2.23. The number of benzene rings is 2. The van der Waals surface area contributed by atoms with Gasteiger partial charge in [-0.2, -0.15) is 5.10 Å². The Morgan fingerprint density at radius 1 is 1.21 bits per heavy atom. The monoisotopic (exact) mass is 430 g/mol.